The number of H-pyrrole nitrogens is 1. The van der Waals surface area contributed by atoms with Crippen LogP contribution in [-0.2, 0) is 11.2 Å². The summed E-state index contributed by atoms with van der Waals surface area (Å²) in [7, 11) is 1.56. The van der Waals surface area contributed by atoms with Crippen molar-refractivity contribution >= 4 is 28.3 Å². The van der Waals surface area contributed by atoms with Gasteiger partial charge in [-0.25, -0.2) is 0 Å². The number of benzene rings is 2. The van der Waals surface area contributed by atoms with Crippen LogP contribution >= 0.6 is 0 Å². The number of amides is 1. The summed E-state index contributed by atoms with van der Waals surface area (Å²) in [4.78, 5) is 22.5. The van der Waals surface area contributed by atoms with Gasteiger partial charge in [0.15, 0.2) is 5.82 Å². The van der Waals surface area contributed by atoms with Gasteiger partial charge in [0.2, 0.25) is 5.91 Å². The zero-order valence-corrected chi connectivity index (χ0v) is 12.8. The van der Waals surface area contributed by atoms with Crippen molar-refractivity contribution in [1.29, 1.82) is 0 Å². The summed E-state index contributed by atoms with van der Waals surface area (Å²) in [5.74, 6) is 0.726. The van der Waals surface area contributed by atoms with Crippen molar-refractivity contribution in [3.63, 3.8) is 0 Å². The minimum Gasteiger partial charge on any atom is -0.497 e. The number of nitro groups is 1. The number of methoxy groups -OCH3 is 1. The third-order valence-electron chi connectivity index (χ3n) is 3.51. The molecule has 0 saturated heterocycles. The van der Waals surface area contributed by atoms with E-state index in [0.717, 1.165) is 10.9 Å². The highest BCUT2D eigenvalue weighted by Gasteiger charge is 2.12. The molecule has 3 aromatic rings. The van der Waals surface area contributed by atoms with E-state index in [1.165, 1.54) is 12.1 Å². The van der Waals surface area contributed by atoms with Crippen LogP contribution in [0.5, 0.6) is 5.75 Å². The van der Waals surface area contributed by atoms with Crippen molar-refractivity contribution in [3.8, 4) is 5.75 Å². The quantitative estimate of drug-likeness (QED) is 0.553. The molecule has 0 bridgehead atoms. The zero-order chi connectivity index (χ0) is 17.1. The smallest absolute Gasteiger partial charge is 0.269 e. The number of carbonyl (C=O) groups excluding carboxylic acids is 1. The number of anilines is 1. The van der Waals surface area contributed by atoms with Gasteiger partial charge >= 0.3 is 0 Å². The summed E-state index contributed by atoms with van der Waals surface area (Å²) in [5, 5.41) is 21.1. The highest BCUT2D eigenvalue weighted by atomic mass is 16.6. The number of ether oxygens (including phenoxy) is 1. The Bertz CT molecular complexity index is 919. The third kappa shape index (κ3) is 3.17. The monoisotopic (exact) mass is 326 g/mol. The van der Waals surface area contributed by atoms with Crippen LogP contribution in [0.2, 0.25) is 0 Å². The van der Waals surface area contributed by atoms with Crippen molar-refractivity contribution in [1.82, 2.24) is 10.2 Å². The molecule has 0 aliphatic rings. The van der Waals surface area contributed by atoms with Crippen LogP contribution in [0.3, 0.4) is 0 Å². The maximum Gasteiger partial charge on any atom is 0.269 e. The van der Waals surface area contributed by atoms with Crippen molar-refractivity contribution in [2.24, 2.45) is 0 Å². The molecule has 8 nitrogen and oxygen atoms in total. The van der Waals surface area contributed by atoms with E-state index in [-0.39, 0.29) is 18.0 Å². The number of hydrogen-bond acceptors (Lipinski definition) is 5. The van der Waals surface area contributed by atoms with Crippen molar-refractivity contribution in [3.05, 3.63) is 58.1 Å². The Labute approximate surface area is 136 Å². The van der Waals surface area contributed by atoms with Crippen molar-refractivity contribution in [2.75, 3.05) is 12.4 Å². The fourth-order valence-corrected chi connectivity index (χ4v) is 2.36. The molecule has 3 rings (SSSR count). The Kier molecular flexibility index (Phi) is 4.11. The van der Waals surface area contributed by atoms with Gasteiger partial charge < -0.3 is 10.1 Å². The Balaban J connectivity index is 1.78. The van der Waals surface area contributed by atoms with Crippen molar-refractivity contribution in [2.45, 2.75) is 6.42 Å². The fraction of sp³-hybridized carbons (Fsp3) is 0.125. The lowest BCUT2D eigenvalue weighted by Gasteiger charge is -2.04. The SMILES string of the molecule is COc1ccc2[nH]nc(NC(=O)Cc3cccc([N+](=O)[O-])c3)c2c1. The van der Waals surface area contributed by atoms with E-state index in [1.54, 1.807) is 37.4 Å². The number of carbonyl (C=O) groups is 1. The molecule has 0 fully saturated rings. The minimum absolute atomic E-state index is 0.0139. The third-order valence-corrected chi connectivity index (χ3v) is 3.51. The zero-order valence-electron chi connectivity index (χ0n) is 12.8. The van der Waals surface area contributed by atoms with E-state index in [0.29, 0.717) is 17.1 Å². The number of hydrogen-bond donors (Lipinski definition) is 2. The van der Waals surface area contributed by atoms with Crippen LogP contribution in [0.15, 0.2) is 42.5 Å². The van der Waals surface area contributed by atoms with Gasteiger partial charge in [0.1, 0.15) is 5.75 Å². The lowest BCUT2D eigenvalue weighted by molar-refractivity contribution is -0.384. The molecule has 122 valence electrons. The van der Waals surface area contributed by atoms with Gasteiger partial charge in [-0.1, -0.05) is 12.1 Å². The number of fused-ring (bicyclic) bond motifs is 1. The van der Waals surface area contributed by atoms with E-state index in [4.69, 9.17) is 4.74 Å². The Morgan fingerprint density at radius 1 is 1.33 bits per heavy atom. The maximum atomic E-state index is 12.2. The summed E-state index contributed by atoms with van der Waals surface area (Å²) in [6.45, 7) is 0. The number of nitro benzene ring substituents is 1. The molecule has 0 atom stereocenters. The van der Waals surface area contributed by atoms with E-state index < -0.39 is 4.92 Å². The highest BCUT2D eigenvalue weighted by Crippen LogP contribution is 2.25. The van der Waals surface area contributed by atoms with Gasteiger partial charge in [-0.15, -0.1) is 0 Å². The molecule has 0 radical (unpaired) electrons. The van der Waals surface area contributed by atoms with Gasteiger partial charge in [0.05, 0.1) is 24.0 Å². The van der Waals surface area contributed by atoms with Gasteiger partial charge in [-0.3, -0.25) is 20.0 Å². The highest BCUT2D eigenvalue weighted by molar-refractivity contribution is 6.00. The topological polar surface area (TPSA) is 110 Å². The Morgan fingerprint density at radius 2 is 2.17 bits per heavy atom. The van der Waals surface area contributed by atoms with Crippen LogP contribution in [-0.4, -0.2) is 28.1 Å². The summed E-state index contributed by atoms with van der Waals surface area (Å²) >= 11 is 0. The summed E-state index contributed by atoms with van der Waals surface area (Å²) in [6, 6.07) is 11.3. The first-order valence-electron chi connectivity index (χ1n) is 7.12. The number of nitrogens with one attached hydrogen (secondary N) is 2. The van der Waals surface area contributed by atoms with E-state index >= 15 is 0 Å². The fourth-order valence-electron chi connectivity index (χ4n) is 2.36. The first-order valence-corrected chi connectivity index (χ1v) is 7.12. The van der Waals surface area contributed by atoms with Gasteiger partial charge in [-0.05, 0) is 23.8 Å². The number of nitrogens with zero attached hydrogens (tertiary/aromatic N) is 2. The molecule has 2 aromatic carbocycles. The second-order valence-electron chi connectivity index (χ2n) is 5.14. The van der Waals surface area contributed by atoms with Crippen LogP contribution in [0.25, 0.3) is 10.9 Å². The molecule has 0 spiro atoms. The van der Waals surface area contributed by atoms with Gasteiger partial charge in [0.25, 0.3) is 5.69 Å². The standard InChI is InChI=1S/C16H14N4O4/c1-24-12-5-6-14-13(9-12)16(19-18-14)17-15(21)8-10-3-2-4-11(7-10)20(22)23/h2-7,9H,8H2,1H3,(H2,17,18,19,21). The molecule has 24 heavy (non-hydrogen) atoms. The normalized spacial score (nSPS) is 10.5. The maximum absolute atomic E-state index is 12.2. The molecule has 8 heteroatoms. The first-order chi connectivity index (χ1) is 11.6. The molecule has 0 saturated carbocycles. The van der Waals surface area contributed by atoms with Crippen LogP contribution in [0, 0.1) is 10.1 Å². The average Bonchev–Trinajstić information content (AvgIpc) is 2.97. The summed E-state index contributed by atoms with van der Waals surface area (Å²) in [5.41, 5.74) is 1.27. The largest absolute Gasteiger partial charge is 0.497 e. The number of aromatic nitrogens is 2. The van der Waals surface area contributed by atoms with Gasteiger partial charge in [0, 0.05) is 17.5 Å². The lowest BCUT2D eigenvalue weighted by atomic mass is 10.1. The molecule has 1 amide bonds. The predicted octanol–water partition coefficient (Wildman–Crippen LogP) is 2.66. The van der Waals surface area contributed by atoms with Gasteiger partial charge in [-0.2, -0.15) is 5.10 Å². The molecular weight excluding hydrogens is 312 g/mol. The molecular formula is C16H14N4O4. The molecule has 2 N–H and O–H groups in total. The molecule has 0 aliphatic carbocycles. The van der Waals surface area contributed by atoms with Crippen LogP contribution in [0.1, 0.15) is 5.56 Å². The lowest BCUT2D eigenvalue weighted by Crippen LogP contribution is -2.15. The minimum atomic E-state index is -0.491. The number of non-ortho nitro benzene ring substituents is 1. The molecule has 1 aromatic heterocycles. The summed E-state index contributed by atoms with van der Waals surface area (Å²) < 4.78 is 5.16. The molecule has 0 unspecified atom stereocenters. The van der Waals surface area contributed by atoms with E-state index in [9.17, 15) is 14.9 Å². The van der Waals surface area contributed by atoms with E-state index in [1.807, 2.05) is 0 Å². The summed E-state index contributed by atoms with van der Waals surface area (Å²) in [6.07, 6.45) is 0.0139. The average molecular weight is 326 g/mol. The number of aromatic amines is 1. The van der Waals surface area contributed by atoms with Crippen molar-refractivity contribution < 1.29 is 14.5 Å². The van der Waals surface area contributed by atoms with Crippen LogP contribution in [0.4, 0.5) is 11.5 Å². The second kappa shape index (κ2) is 6.37. The second-order valence-corrected chi connectivity index (χ2v) is 5.14. The number of rotatable bonds is 5. The predicted molar refractivity (Wildman–Crippen MR) is 88.1 cm³/mol. The first kappa shape index (κ1) is 15.5. The molecule has 0 aliphatic heterocycles. The van der Waals surface area contributed by atoms with Crippen LogP contribution < -0.4 is 10.1 Å². The molecule has 1 heterocycles. The Morgan fingerprint density at radius 3 is 2.92 bits per heavy atom. The van der Waals surface area contributed by atoms with E-state index in [2.05, 4.69) is 15.5 Å². The Hall–Kier alpha value is -3.42.